The van der Waals surface area contributed by atoms with E-state index in [2.05, 4.69) is 21.1 Å². The van der Waals surface area contributed by atoms with Gasteiger partial charge in [0.1, 0.15) is 5.15 Å². The van der Waals surface area contributed by atoms with Gasteiger partial charge in [0.25, 0.3) is 5.56 Å². The van der Waals surface area contributed by atoms with E-state index in [0.29, 0.717) is 29.4 Å². The van der Waals surface area contributed by atoms with Gasteiger partial charge in [0.2, 0.25) is 0 Å². The van der Waals surface area contributed by atoms with E-state index in [0.717, 1.165) is 29.9 Å². The smallest absolute Gasteiger partial charge is 0.274 e. The van der Waals surface area contributed by atoms with E-state index >= 15 is 0 Å². The van der Waals surface area contributed by atoms with Crippen LogP contribution < -0.4 is 5.56 Å². The van der Waals surface area contributed by atoms with Crippen molar-refractivity contribution in [3.63, 3.8) is 0 Å². The van der Waals surface area contributed by atoms with Gasteiger partial charge in [0, 0.05) is 31.4 Å². The monoisotopic (exact) mass is 365 g/mol. The molecule has 3 heterocycles. The van der Waals surface area contributed by atoms with Crippen molar-refractivity contribution in [1.82, 2.24) is 19.7 Å². The van der Waals surface area contributed by atoms with Crippen molar-refractivity contribution >= 4 is 11.6 Å². The lowest BCUT2D eigenvalue weighted by Gasteiger charge is -2.25. The van der Waals surface area contributed by atoms with E-state index < -0.39 is 0 Å². The summed E-state index contributed by atoms with van der Waals surface area (Å²) in [6, 6.07) is 12.9. The molecule has 0 fully saturated rings. The lowest BCUT2D eigenvalue weighted by molar-refractivity contribution is 0.242. The molecule has 0 bridgehead atoms. The Morgan fingerprint density at radius 1 is 1.31 bits per heavy atom. The third-order valence-corrected chi connectivity index (χ3v) is 4.78. The van der Waals surface area contributed by atoms with Crippen LogP contribution in [0.4, 0.5) is 0 Å². The number of nitrogens with zero attached hydrogens (tertiary/aromatic N) is 4. The molecule has 0 spiro atoms. The number of aromatic nitrogens is 3. The first-order chi connectivity index (χ1) is 12.6. The van der Waals surface area contributed by atoms with Gasteiger partial charge >= 0.3 is 0 Å². The minimum Gasteiger partial charge on any atom is -0.293 e. The molecular formula is C19H16ClN5O. The van der Waals surface area contributed by atoms with E-state index in [4.69, 9.17) is 16.9 Å². The largest absolute Gasteiger partial charge is 0.293 e. The van der Waals surface area contributed by atoms with Gasteiger partial charge in [-0.15, -0.1) is 0 Å². The summed E-state index contributed by atoms with van der Waals surface area (Å²) < 4.78 is 1.53. The zero-order valence-corrected chi connectivity index (χ0v) is 14.7. The maximum absolute atomic E-state index is 12.7. The first kappa shape index (κ1) is 16.6. The van der Waals surface area contributed by atoms with Crippen molar-refractivity contribution in [2.45, 2.75) is 19.5 Å². The van der Waals surface area contributed by atoms with Crippen LogP contribution in [0.15, 0.2) is 47.4 Å². The number of hydrogen-bond donors (Lipinski definition) is 1. The molecule has 1 aliphatic rings. The summed E-state index contributed by atoms with van der Waals surface area (Å²) in [6.07, 6.45) is 2.47. The Balaban J connectivity index is 1.59. The molecule has 1 N–H and O–H groups in total. The Morgan fingerprint density at radius 2 is 2.19 bits per heavy atom. The fourth-order valence-electron chi connectivity index (χ4n) is 3.27. The first-order valence-corrected chi connectivity index (χ1v) is 8.68. The molecule has 1 aromatic carbocycles. The van der Waals surface area contributed by atoms with Gasteiger partial charge < -0.3 is 0 Å². The highest BCUT2D eigenvalue weighted by Crippen LogP contribution is 2.18. The summed E-state index contributed by atoms with van der Waals surface area (Å²) in [6.45, 7) is 2.22. The normalized spacial score (nSPS) is 14.0. The molecule has 0 aliphatic carbocycles. The Kier molecular flexibility index (Phi) is 4.33. The molecule has 2 aromatic heterocycles. The third-order valence-electron chi connectivity index (χ3n) is 4.56. The van der Waals surface area contributed by atoms with E-state index in [1.54, 1.807) is 30.5 Å². The summed E-state index contributed by atoms with van der Waals surface area (Å²) in [4.78, 5) is 19.1. The van der Waals surface area contributed by atoms with E-state index in [1.165, 1.54) is 4.68 Å². The van der Waals surface area contributed by atoms with Crippen molar-refractivity contribution in [1.29, 1.82) is 5.26 Å². The number of rotatable bonds is 3. The molecule has 3 aromatic rings. The van der Waals surface area contributed by atoms with Crippen LogP contribution in [0.2, 0.25) is 5.15 Å². The Labute approximate surface area is 155 Å². The highest BCUT2D eigenvalue weighted by Gasteiger charge is 2.23. The van der Waals surface area contributed by atoms with Crippen LogP contribution in [0.25, 0.3) is 5.69 Å². The minimum atomic E-state index is -0.0390. The molecule has 6 nitrogen and oxygen atoms in total. The van der Waals surface area contributed by atoms with Gasteiger partial charge in [-0.1, -0.05) is 23.7 Å². The van der Waals surface area contributed by atoms with Crippen molar-refractivity contribution in [2.24, 2.45) is 0 Å². The number of pyridine rings is 1. The number of nitrogens with one attached hydrogen (secondary N) is 1. The van der Waals surface area contributed by atoms with Crippen LogP contribution in [-0.4, -0.2) is 26.2 Å². The van der Waals surface area contributed by atoms with Crippen LogP contribution in [0.1, 0.15) is 22.4 Å². The molecule has 7 heteroatoms. The molecule has 4 rings (SSSR count). The zero-order chi connectivity index (χ0) is 18.1. The van der Waals surface area contributed by atoms with Crippen molar-refractivity contribution in [3.8, 4) is 11.8 Å². The quantitative estimate of drug-likeness (QED) is 0.724. The van der Waals surface area contributed by atoms with Gasteiger partial charge in [-0.2, -0.15) is 5.26 Å². The summed E-state index contributed by atoms with van der Waals surface area (Å²) in [7, 11) is 0. The van der Waals surface area contributed by atoms with E-state index in [9.17, 15) is 4.79 Å². The van der Waals surface area contributed by atoms with Crippen LogP contribution in [0.5, 0.6) is 0 Å². The summed E-state index contributed by atoms with van der Waals surface area (Å²) in [5.41, 5.74) is 3.99. The maximum Gasteiger partial charge on any atom is 0.274 e. The number of fused-ring (bicyclic) bond motifs is 1. The maximum atomic E-state index is 12.7. The predicted octanol–water partition coefficient (Wildman–Crippen LogP) is 2.64. The Morgan fingerprint density at radius 3 is 2.96 bits per heavy atom. The molecular weight excluding hydrogens is 350 g/mol. The summed E-state index contributed by atoms with van der Waals surface area (Å²) >= 11 is 5.83. The second-order valence-corrected chi connectivity index (χ2v) is 6.71. The SMILES string of the molecule is N#Cc1cccc(-n2[nH]c3c(c2=O)CCN(Cc2ccc(Cl)nc2)C3)c1. The molecule has 0 unspecified atom stereocenters. The first-order valence-electron chi connectivity index (χ1n) is 8.30. The van der Waals surface area contributed by atoms with E-state index in [-0.39, 0.29) is 5.56 Å². The fourth-order valence-corrected chi connectivity index (χ4v) is 3.38. The number of benzene rings is 1. The van der Waals surface area contributed by atoms with Gasteiger partial charge in [-0.3, -0.25) is 14.8 Å². The number of aromatic amines is 1. The average Bonchev–Trinajstić information content (AvgIpc) is 3.00. The summed E-state index contributed by atoms with van der Waals surface area (Å²) in [5.74, 6) is 0. The lowest BCUT2D eigenvalue weighted by Crippen LogP contribution is -2.31. The van der Waals surface area contributed by atoms with Crippen LogP contribution in [0.3, 0.4) is 0 Å². The summed E-state index contributed by atoms with van der Waals surface area (Å²) in [5, 5.41) is 12.8. The molecule has 0 saturated heterocycles. The average molecular weight is 366 g/mol. The predicted molar refractivity (Wildman–Crippen MR) is 98.2 cm³/mol. The fraction of sp³-hybridized carbons (Fsp3) is 0.211. The minimum absolute atomic E-state index is 0.0390. The highest BCUT2D eigenvalue weighted by atomic mass is 35.5. The molecule has 0 amide bonds. The second kappa shape index (κ2) is 6.79. The number of H-pyrrole nitrogens is 1. The topological polar surface area (TPSA) is 77.7 Å². The van der Waals surface area contributed by atoms with E-state index in [1.807, 2.05) is 12.1 Å². The molecule has 26 heavy (non-hydrogen) atoms. The van der Waals surface area contributed by atoms with Gasteiger partial charge in [-0.05, 0) is 36.2 Å². The zero-order valence-electron chi connectivity index (χ0n) is 13.9. The number of hydrogen-bond acceptors (Lipinski definition) is 4. The molecule has 0 radical (unpaired) electrons. The Hall–Kier alpha value is -2.88. The van der Waals surface area contributed by atoms with Crippen LogP contribution in [-0.2, 0) is 19.5 Å². The van der Waals surface area contributed by atoms with Crippen molar-refractivity contribution in [2.75, 3.05) is 6.54 Å². The van der Waals surface area contributed by atoms with Crippen molar-refractivity contribution in [3.05, 3.63) is 80.5 Å². The third kappa shape index (κ3) is 3.15. The van der Waals surface area contributed by atoms with Crippen molar-refractivity contribution < 1.29 is 0 Å². The number of halogens is 1. The van der Waals surface area contributed by atoms with Gasteiger partial charge in [0.15, 0.2) is 0 Å². The standard InChI is InChI=1S/C19H16ClN5O/c20-18-5-4-14(10-22-18)11-24-7-6-16-17(12-24)23-25(19(16)26)15-3-1-2-13(8-15)9-21/h1-5,8,10,23H,6-7,11-12H2. The lowest BCUT2D eigenvalue weighted by atomic mass is 10.1. The van der Waals surface area contributed by atoms with Gasteiger partial charge in [0.05, 0.1) is 23.0 Å². The highest BCUT2D eigenvalue weighted by molar-refractivity contribution is 6.29. The van der Waals surface area contributed by atoms with Crippen LogP contribution in [0, 0.1) is 11.3 Å². The molecule has 1 aliphatic heterocycles. The Bertz CT molecular complexity index is 1050. The molecule has 130 valence electrons. The molecule has 0 saturated carbocycles. The second-order valence-electron chi connectivity index (χ2n) is 6.32. The number of nitriles is 1. The molecule has 0 atom stereocenters. The van der Waals surface area contributed by atoms with Crippen LogP contribution >= 0.6 is 11.6 Å². The van der Waals surface area contributed by atoms with Gasteiger partial charge in [-0.25, -0.2) is 9.67 Å².